The van der Waals surface area contributed by atoms with Gasteiger partial charge in [-0.25, -0.2) is 9.59 Å². The molecule has 8 heteroatoms. The molecule has 134 valence electrons. The number of allylic oxidation sites excluding steroid dienone is 1. The summed E-state index contributed by atoms with van der Waals surface area (Å²) in [5, 5.41) is 18.8. The maximum atomic E-state index is 10.8. The lowest BCUT2D eigenvalue weighted by molar-refractivity contribution is -0.134. The number of carboxylic acids is 2. The van der Waals surface area contributed by atoms with E-state index in [1.54, 1.807) is 12.3 Å². The Morgan fingerprint density at radius 3 is 2.48 bits per heavy atom. The molecule has 0 unspecified atom stereocenters. The van der Waals surface area contributed by atoms with Crippen LogP contribution in [-0.4, -0.2) is 51.4 Å². The molecule has 0 fully saturated rings. The summed E-state index contributed by atoms with van der Waals surface area (Å²) < 4.78 is 0. The highest BCUT2D eigenvalue weighted by Gasteiger charge is 2.06. The lowest BCUT2D eigenvalue weighted by Crippen LogP contribution is -2.21. The van der Waals surface area contributed by atoms with E-state index in [-0.39, 0.29) is 0 Å². The number of aromatic amines is 1. The Labute approximate surface area is 145 Å². The van der Waals surface area contributed by atoms with Gasteiger partial charge in [0.25, 0.3) is 0 Å². The van der Waals surface area contributed by atoms with Crippen molar-refractivity contribution in [2.24, 2.45) is 0 Å². The number of carboxylic acid groups (broad SMARTS) is 2. The minimum atomic E-state index is -1.26. The van der Waals surface area contributed by atoms with Gasteiger partial charge in [-0.1, -0.05) is 6.92 Å². The number of H-pyrrole nitrogens is 1. The first-order valence-electron chi connectivity index (χ1n) is 7.62. The zero-order valence-corrected chi connectivity index (χ0v) is 13.8. The molecule has 1 aromatic rings. The third-order valence-corrected chi connectivity index (χ3v) is 3.07. The van der Waals surface area contributed by atoms with Crippen molar-refractivity contribution in [3.8, 4) is 0 Å². The molecule has 0 atom stereocenters. The molecule has 8 nitrogen and oxygen atoms in total. The van der Waals surface area contributed by atoms with E-state index in [0.717, 1.165) is 37.3 Å². The van der Waals surface area contributed by atoms with Gasteiger partial charge in [0.1, 0.15) is 5.82 Å². The number of hydrogen-bond acceptors (Lipinski definition) is 5. The number of anilines is 1. The molecular formula is C17H21N3O5. The van der Waals surface area contributed by atoms with Crippen LogP contribution >= 0.6 is 0 Å². The molecule has 0 bridgehead atoms. The van der Waals surface area contributed by atoms with Crippen LogP contribution in [0.4, 0.5) is 5.82 Å². The van der Waals surface area contributed by atoms with Crippen molar-refractivity contribution in [3.05, 3.63) is 54.0 Å². The molecule has 0 aliphatic carbocycles. The molecule has 0 saturated carbocycles. The fourth-order valence-corrected chi connectivity index (χ4v) is 1.95. The Bertz CT molecular complexity index is 672. The van der Waals surface area contributed by atoms with Crippen LogP contribution in [0.3, 0.4) is 0 Å². The van der Waals surface area contributed by atoms with Gasteiger partial charge < -0.3 is 25.4 Å². The molecular weight excluding hydrogens is 326 g/mol. The fraction of sp³-hybridized carbons (Fsp3) is 0.235. The van der Waals surface area contributed by atoms with Crippen LogP contribution in [0.25, 0.3) is 0 Å². The van der Waals surface area contributed by atoms with Crippen molar-refractivity contribution in [2.75, 3.05) is 18.4 Å². The quantitative estimate of drug-likeness (QED) is 0.440. The summed E-state index contributed by atoms with van der Waals surface area (Å²) in [5.74, 6) is -1.76. The third-order valence-electron chi connectivity index (χ3n) is 3.07. The number of carbonyl (C=O) groups excluding carboxylic acids is 1. The molecule has 2 heterocycles. The molecule has 1 aromatic heterocycles. The highest BCUT2D eigenvalue weighted by atomic mass is 16.4. The summed E-state index contributed by atoms with van der Waals surface area (Å²) in [6.45, 7) is 4.15. The molecule has 1 aliphatic heterocycles. The van der Waals surface area contributed by atoms with Crippen LogP contribution in [0.5, 0.6) is 0 Å². The van der Waals surface area contributed by atoms with Crippen LogP contribution < -0.4 is 5.32 Å². The molecule has 0 amide bonds. The summed E-state index contributed by atoms with van der Waals surface area (Å²) in [6.07, 6.45) is 11.1. The number of aliphatic carboxylic acids is 2. The lowest BCUT2D eigenvalue weighted by Gasteiger charge is -2.22. The molecule has 0 spiro atoms. The van der Waals surface area contributed by atoms with E-state index in [1.165, 1.54) is 0 Å². The number of aromatic nitrogens is 1. The Balaban J connectivity index is 0.000000333. The number of carbonyl (C=O) groups is 3. The Morgan fingerprint density at radius 2 is 2.00 bits per heavy atom. The molecule has 1 aliphatic rings. The van der Waals surface area contributed by atoms with Crippen molar-refractivity contribution in [2.45, 2.75) is 13.3 Å². The van der Waals surface area contributed by atoms with Crippen LogP contribution in [0, 0.1) is 0 Å². The summed E-state index contributed by atoms with van der Waals surface area (Å²) in [7, 11) is 0. The number of hydrogen-bond donors (Lipinski definition) is 4. The van der Waals surface area contributed by atoms with Gasteiger partial charge >= 0.3 is 11.9 Å². The summed E-state index contributed by atoms with van der Waals surface area (Å²) in [6, 6.07) is 1.76. The summed E-state index contributed by atoms with van der Waals surface area (Å²) >= 11 is 0. The average Bonchev–Trinajstić information content (AvgIpc) is 3.03. The number of aldehydes is 1. The second-order valence-corrected chi connectivity index (χ2v) is 5.03. The van der Waals surface area contributed by atoms with E-state index in [0.29, 0.717) is 17.7 Å². The Hall–Kier alpha value is -3.29. The highest BCUT2D eigenvalue weighted by Crippen LogP contribution is 2.15. The van der Waals surface area contributed by atoms with E-state index in [4.69, 9.17) is 10.2 Å². The molecule has 4 N–H and O–H groups in total. The standard InChI is InChI=1S/C13H17N3O.C4H4O4/c1-2-7-16-8-4-12(5-9-16)15-13-11(10-17)3-6-14-13;5-3(6)1-2-4(7)8/h3-6,8,10,14-15H,2,7,9H2,1H3;1-2H,(H,5,6)(H,7,8)/b;2-1-. The van der Waals surface area contributed by atoms with Crippen LogP contribution in [0.1, 0.15) is 23.7 Å². The SMILES string of the molecule is CCCN1C=CC(Nc2[nH]ccc2C=O)=CC1.O=C(O)/C=C\C(=O)O. The molecule has 0 saturated heterocycles. The van der Waals surface area contributed by atoms with Crippen molar-refractivity contribution < 1.29 is 24.6 Å². The van der Waals surface area contributed by atoms with Gasteiger partial charge in [-0.05, 0) is 24.6 Å². The number of rotatable bonds is 7. The normalized spacial score (nSPS) is 13.0. The summed E-state index contributed by atoms with van der Waals surface area (Å²) in [5.41, 5.74) is 1.66. The lowest BCUT2D eigenvalue weighted by atomic mass is 10.2. The van der Waals surface area contributed by atoms with E-state index in [9.17, 15) is 14.4 Å². The Morgan fingerprint density at radius 1 is 1.32 bits per heavy atom. The minimum absolute atomic E-state index is 0.558. The highest BCUT2D eigenvalue weighted by molar-refractivity contribution is 5.89. The Kier molecular flexibility index (Phi) is 8.28. The molecule has 0 aromatic carbocycles. The minimum Gasteiger partial charge on any atom is -0.478 e. The predicted molar refractivity (Wildman–Crippen MR) is 93.3 cm³/mol. The van der Waals surface area contributed by atoms with E-state index in [1.807, 2.05) is 6.08 Å². The number of nitrogens with zero attached hydrogens (tertiary/aromatic N) is 1. The van der Waals surface area contributed by atoms with Crippen molar-refractivity contribution in [3.63, 3.8) is 0 Å². The van der Waals surface area contributed by atoms with E-state index in [2.05, 4.69) is 34.4 Å². The zero-order chi connectivity index (χ0) is 18.7. The van der Waals surface area contributed by atoms with Crippen LogP contribution in [-0.2, 0) is 9.59 Å². The van der Waals surface area contributed by atoms with Crippen molar-refractivity contribution >= 4 is 24.0 Å². The van der Waals surface area contributed by atoms with Crippen molar-refractivity contribution in [1.29, 1.82) is 0 Å². The van der Waals surface area contributed by atoms with Gasteiger partial charge in [0.2, 0.25) is 0 Å². The van der Waals surface area contributed by atoms with Gasteiger partial charge in [-0.3, -0.25) is 4.79 Å². The first kappa shape index (κ1) is 19.8. The zero-order valence-electron chi connectivity index (χ0n) is 13.8. The smallest absolute Gasteiger partial charge is 0.328 e. The maximum absolute atomic E-state index is 10.8. The fourth-order valence-electron chi connectivity index (χ4n) is 1.95. The molecule has 0 radical (unpaired) electrons. The topological polar surface area (TPSA) is 123 Å². The second-order valence-electron chi connectivity index (χ2n) is 5.03. The summed E-state index contributed by atoms with van der Waals surface area (Å²) in [4.78, 5) is 35.1. The van der Waals surface area contributed by atoms with Gasteiger partial charge in [-0.2, -0.15) is 0 Å². The van der Waals surface area contributed by atoms with Crippen molar-refractivity contribution in [1.82, 2.24) is 9.88 Å². The van der Waals surface area contributed by atoms with Crippen LogP contribution in [0.15, 0.2) is 48.5 Å². The average molecular weight is 347 g/mol. The van der Waals surface area contributed by atoms with E-state index >= 15 is 0 Å². The van der Waals surface area contributed by atoms with Gasteiger partial charge in [0.15, 0.2) is 6.29 Å². The van der Waals surface area contributed by atoms with Gasteiger partial charge in [-0.15, -0.1) is 0 Å². The number of nitrogens with one attached hydrogen (secondary N) is 2. The van der Waals surface area contributed by atoms with Gasteiger partial charge in [0, 0.05) is 43.3 Å². The third kappa shape index (κ3) is 7.69. The first-order valence-corrected chi connectivity index (χ1v) is 7.62. The first-order chi connectivity index (χ1) is 12.0. The maximum Gasteiger partial charge on any atom is 0.328 e. The largest absolute Gasteiger partial charge is 0.478 e. The van der Waals surface area contributed by atoms with Crippen LogP contribution in [0.2, 0.25) is 0 Å². The second kappa shape index (κ2) is 10.5. The monoisotopic (exact) mass is 347 g/mol. The van der Waals surface area contributed by atoms with E-state index < -0.39 is 11.9 Å². The molecule has 25 heavy (non-hydrogen) atoms. The van der Waals surface area contributed by atoms with Gasteiger partial charge in [0.05, 0.1) is 5.56 Å². The molecule has 2 rings (SSSR count). The predicted octanol–water partition coefficient (Wildman–Crippen LogP) is 2.07.